The summed E-state index contributed by atoms with van der Waals surface area (Å²) in [4.78, 5) is -0.106. The number of hydrogen-bond acceptors (Lipinski definition) is 5. The van der Waals surface area contributed by atoms with Crippen molar-refractivity contribution in [2.75, 3.05) is 11.8 Å². The molecule has 148 valence electrons. The summed E-state index contributed by atoms with van der Waals surface area (Å²) in [6.07, 6.45) is 0. The van der Waals surface area contributed by atoms with Gasteiger partial charge >= 0.3 is 0 Å². The van der Waals surface area contributed by atoms with Crippen LogP contribution in [0.5, 0.6) is 5.75 Å². The van der Waals surface area contributed by atoms with Gasteiger partial charge in [0.25, 0.3) is 10.0 Å². The summed E-state index contributed by atoms with van der Waals surface area (Å²) in [5, 5.41) is 5.20. The summed E-state index contributed by atoms with van der Waals surface area (Å²) in [7, 11) is -6.72. The average Bonchev–Trinajstić information content (AvgIpc) is 2.57. The number of ether oxygens (including phenoxy) is 1. The van der Waals surface area contributed by atoms with Crippen LogP contribution in [0.25, 0.3) is 0 Å². The van der Waals surface area contributed by atoms with Crippen molar-refractivity contribution in [3.8, 4) is 5.75 Å². The lowest BCUT2D eigenvalue weighted by molar-refractivity contribution is 0.403. The highest BCUT2D eigenvalue weighted by Crippen LogP contribution is 2.32. The minimum atomic E-state index is -4.08. The van der Waals surface area contributed by atoms with Gasteiger partial charge in [-0.25, -0.2) is 22.0 Å². The molecule has 0 saturated carbocycles. The monoisotopic (exact) mass is 412 g/mol. The molecule has 0 bridgehead atoms. The maximum atomic E-state index is 13.1. The minimum Gasteiger partial charge on any atom is -0.495 e. The number of nitrogens with two attached hydrogens (primary N) is 1. The van der Waals surface area contributed by atoms with Crippen LogP contribution in [0.1, 0.15) is 27.8 Å². The molecule has 0 aliphatic carbocycles. The summed E-state index contributed by atoms with van der Waals surface area (Å²) >= 11 is 0. The van der Waals surface area contributed by atoms with Crippen molar-refractivity contribution in [2.24, 2.45) is 5.14 Å². The van der Waals surface area contributed by atoms with Gasteiger partial charge in [-0.1, -0.05) is 0 Å². The van der Waals surface area contributed by atoms with Gasteiger partial charge < -0.3 is 4.74 Å². The van der Waals surface area contributed by atoms with Crippen molar-refractivity contribution in [1.82, 2.24) is 0 Å². The molecular formula is C18H24N2O5S2. The molecule has 3 N–H and O–H groups in total. The second-order valence-corrected chi connectivity index (χ2v) is 9.62. The van der Waals surface area contributed by atoms with Gasteiger partial charge in [0, 0.05) is 0 Å². The molecule has 0 saturated heterocycles. The lowest BCUT2D eigenvalue weighted by atomic mass is 9.95. The van der Waals surface area contributed by atoms with E-state index < -0.39 is 20.0 Å². The Labute approximate surface area is 160 Å². The Bertz CT molecular complexity index is 1090. The third-order valence-corrected chi connectivity index (χ3v) is 7.51. The van der Waals surface area contributed by atoms with Crippen LogP contribution in [0, 0.1) is 34.6 Å². The van der Waals surface area contributed by atoms with Crippen molar-refractivity contribution >= 4 is 25.7 Å². The number of sulfonamides is 2. The first-order valence-corrected chi connectivity index (χ1v) is 11.1. The average molecular weight is 413 g/mol. The van der Waals surface area contributed by atoms with Crippen LogP contribution in [-0.4, -0.2) is 23.9 Å². The zero-order valence-electron chi connectivity index (χ0n) is 16.2. The third kappa shape index (κ3) is 3.95. The predicted octanol–water partition coefficient (Wildman–Crippen LogP) is 2.69. The lowest BCUT2D eigenvalue weighted by Gasteiger charge is -2.19. The summed E-state index contributed by atoms with van der Waals surface area (Å²) in [6.45, 7) is 9.22. The van der Waals surface area contributed by atoms with Crippen molar-refractivity contribution in [3.63, 3.8) is 0 Å². The second-order valence-electron chi connectivity index (χ2n) is 6.47. The van der Waals surface area contributed by atoms with Crippen LogP contribution in [0.2, 0.25) is 0 Å². The highest BCUT2D eigenvalue weighted by molar-refractivity contribution is 7.92. The number of rotatable bonds is 5. The van der Waals surface area contributed by atoms with E-state index >= 15 is 0 Å². The van der Waals surface area contributed by atoms with E-state index in [1.807, 2.05) is 20.8 Å². The molecule has 0 amide bonds. The van der Waals surface area contributed by atoms with Crippen LogP contribution in [-0.2, 0) is 20.0 Å². The molecule has 0 radical (unpaired) electrons. The Balaban J connectivity index is 2.63. The second kappa shape index (κ2) is 7.14. The van der Waals surface area contributed by atoms with E-state index in [4.69, 9.17) is 9.88 Å². The molecule has 2 aromatic rings. The molecule has 9 heteroatoms. The summed E-state index contributed by atoms with van der Waals surface area (Å²) < 4.78 is 57.1. The van der Waals surface area contributed by atoms with Gasteiger partial charge in [0.1, 0.15) is 10.6 Å². The Morgan fingerprint density at radius 1 is 0.852 bits per heavy atom. The van der Waals surface area contributed by atoms with E-state index in [1.54, 1.807) is 13.8 Å². The number of anilines is 1. The fourth-order valence-corrected chi connectivity index (χ4v) is 5.41. The predicted molar refractivity (Wildman–Crippen MR) is 105 cm³/mol. The molecule has 0 atom stereocenters. The molecule has 0 aromatic heterocycles. The molecule has 7 nitrogen and oxygen atoms in total. The normalized spacial score (nSPS) is 12.1. The number of hydrogen-bond donors (Lipinski definition) is 2. The SMILES string of the molecule is COc1ccc(NS(=O)(=O)c2c(C)c(C)c(C)c(C)c2C)cc1S(N)(=O)=O. The van der Waals surface area contributed by atoms with E-state index in [2.05, 4.69) is 4.72 Å². The summed E-state index contributed by atoms with van der Waals surface area (Å²) in [5.41, 5.74) is 4.24. The van der Waals surface area contributed by atoms with Crippen molar-refractivity contribution in [1.29, 1.82) is 0 Å². The van der Waals surface area contributed by atoms with Gasteiger partial charge in [-0.05, 0) is 80.6 Å². The lowest BCUT2D eigenvalue weighted by Crippen LogP contribution is -2.19. The van der Waals surface area contributed by atoms with E-state index in [-0.39, 0.29) is 21.2 Å². The molecule has 27 heavy (non-hydrogen) atoms. The quantitative estimate of drug-likeness (QED) is 0.783. The Kier molecular flexibility index (Phi) is 5.61. The molecule has 0 spiro atoms. The maximum Gasteiger partial charge on any atom is 0.262 e. The molecule has 0 unspecified atom stereocenters. The van der Waals surface area contributed by atoms with Gasteiger partial charge in [-0.2, -0.15) is 0 Å². The Morgan fingerprint density at radius 2 is 1.33 bits per heavy atom. The van der Waals surface area contributed by atoms with E-state index in [9.17, 15) is 16.8 Å². The Hall–Kier alpha value is -2.10. The zero-order valence-corrected chi connectivity index (χ0v) is 17.8. The smallest absolute Gasteiger partial charge is 0.262 e. The van der Waals surface area contributed by atoms with Gasteiger partial charge in [0.15, 0.2) is 0 Å². The fourth-order valence-electron chi connectivity index (χ4n) is 3.04. The van der Waals surface area contributed by atoms with Gasteiger partial charge in [0.05, 0.1) is 17.7 Å². The van der Waals surface area contributed by atoms with Gasteiger partial charge in [-0.3, -0.25) is 4.72 Å². The molecule has 0 fully saturated rings. The molecule has 2 rings (SSSR count). The van der Waals surface area contributed by atoms with Crippen LogP contribution in [0.3, 0.4) is 0 Å². The fraction of sp³-hybridized carbons (Fsp3) is 0.333. The molecular weight excluding hydrogens is 388 g/mol. The van der Waals surface area contributed by atoms with Gasteiger partial charge in [-0.15, -0.1) is 0 Å². The number of methoxy groups -OCH3 is 1. The largest absolute Gasteiger partial charge is 0.495 e. The first-order chi connectivity index (χ1) is 12.3. The number of primary sulfonamides is 1. The minimum absolute atomic E-state index is 0.0369. The van der Waals surface area contributed by atoms with Gasteiger partial charge in [0.2, 0.25) is 10.0 Å². The molecule has 0 aliphatic rings. The van der Waals surface area contributed by atoms with Crippen LogP contribution < -0.4 is 14.6 Å². The molecule has 0 aliphatic heterocycles. The van der Waals surface area contributed by atoms with Crippen molar-refractivity contribution in [2.45, 2.75) is 44.4 Å². The zero-order chi connectivity index (χ0) is 20.7. The van der Waals surface area contributed by atoms with Crippen LogP contribution in [0.15, 0.2) is 28.0 Å². The number of nitrogens with one attached hydrogen (secondary N) is 1. The van der Waals surface area contributed by atoms with E-state index in [1.165, 1.54) is 19.2 Å². The third-order valence-electron chi connectivity index (χ3n) is 4.92. The van der Waals surface area contributed by atoms with Crippen LogP contribution >= 0.6 is 0 Å². The van der Waals surface area contributed by atoms with Crippen molar-refractivity contribution < 1.29 is 21.6 Å². The topological polar surface area (TPSA) is 116 Å². The van der Waals surface area contributed by atoms with Crippen molar-refractivity contribution in [3.05, 3.63) is 46.0 Å². The van der Waals surface area contributed by atoms with E-state index in [0.29, 0.717) is 11.1 Å². The molecule has 2 aromatic carbocycles. The standard InChI is InChI=1S/C18H24N2O5S2/c1-10-11(2)13(4)18(14(5)12(10)3)27(23,24)20-15-7-8-16(25-6)17(9-15)26(19,21)22/h7-9,20H,1-6H3,(H2,19,21,22). The van der Waals surface area contributed by atoms with E-state index in [0.717, 1.165) is 22.8 Å². The Morgan fingerprint density at radius 3 is 1.78 bits per heavy atom. The highest BCUT2D eigenvalue weighted by Gasteiger charge is 2.25. The first-order valence-electron chi connectivity index (χ1n) is 8.12. The summed E-state index contributed by atoms with van der Waals surface area (Å²) in [6, 6.07) is 3.91. The maximum absolute atomic E-state index is 13.1. The van der Waals surface area contributed by atoms with Crippen LogP contribution in [0.4, 0.5) is 5.69 Å². The summed E-state index contributed by atoms with van der Waals surface area (Å²) in [5.74, 6) is 0.0369. The first kappa shape index (κ1) is 21.2. The highest BCUT2D eigenvalue weighted by atomic mass is 32.2. The molecule has 0 heterocycles. The number of benzene rings is 2.